The molecule has 0 fully saturated rings. The number of fused-ring (bicyclic) bond motifs is 2. The van der Waals surface area contributed by atoms with E-state index in [1.165, 1.54) is 17.0 Å². The molecular formula is C27H23ClFN3O5. The summed E-state index contributed by atoms with van der Waals surface area (Å²) in [4.78, 5) is 26.3. The van der Waals surface area contributed by atoms with Crippen LogP contribution in [0.4, 0.5) is 9.18 Å². The van der Waals surface area contributed by atoms with E-state index in [2.05, 4.69) is 10.2 Å². The highest BCUT2D eigenvalue weighted by atomic mass is 35.5. The molecule has 2 heterocycles. The Bertz CT molecular complexity index is 1490. The van der Waals surface area contributed by atoms with Crippen molar-refractivity contribution in [1.29, 1.82) is 0 Å². The van der Waals surface area contributed by atoms with Gasteiger partial charge in [0.25, 0.3) is 0 Å². The maximum Gasteiger partial charge on any atom is 0.411 e. The van der Waals surface area contributed by atoms with Crippen molar-refractivity contribution in [2.75, 3.05) is 13.2 Å². The second-order valence-electron chi connectivity index (χ2n) is 8.73. The summed E-state index contributed by atoms with van der Waals surface area (Å²) in [5, 5.41) is 17.6. The molecule has 37 heavy (non-hydrogen) atoms. The van der Waals surface area contributed by atoms with Crippen molar-refractivity contribution < 1.29 is 28.6 Å². The third kappa shape index (κ3) is 4.95. The topological polar surface area (TPSA) is 105 Å². The summed E-state index contributed by atoms with van der Waals surface area (Å²) in [6, 6.07) is 15.9. The number of para-hydroxylation sites is 1. The fraction of sp³-hybridized carbons (Fsp3) is 0.222. The number of amides is 1. The van der Waals surface area contributed by atoms with Gasteiger partial charge in [-0.25, -0.2) is 14.0 Å². The van der Waals surface area contributed by atoms with Crippen molar-refractivity contribution >= 4 is 34.6 Å². The van der Waals surface area contributed by atoms with Gasteiger partial charge < -0.3 is 14.6 Å². The molecule has 0 radical (unpaired) electrons. The van der Waals surface area contributed by atoms with Crippen LogP contribution in [0.1, 0.15) is 41.5 Å². The highest BCUT2D eigenvalue weighted by Gasteiger charge is 2.36. The number of hydrogen-bond donors (Lipinski definition) is 2. The minimum absolute atomic E-state index is 0.235. The van der Waals surface area contributed by atoms with Crippen molar-refractivity contribution in [3.63, 3.8) is 0 Å². The van der Waals surface area contributed by atoms with Gasteiger partial charge in [0.15, 0.2) is 6.61 Å². The number of H-pyrrole nitrogens is 1. The lowest BCUT2D eigenvalue weighted by Gasteiger charge is -2.38. The number of carboxylic acid groups (broad SMARTS) is 1. The quantitative estimate of drug-likeness (QED) is 0.338. The number of carbonyl (C=O) groups excluding carboxylic acids is 1. The molecule has 0 spiro atoms. The molecule has 3 aromatic carbocycles. The lowest BCUT2D eigenvalue weighted by molar-refractivity contribution is -0.139. The van der Waals surface area contributed by atoms with Crippen LogP contribution in [0, 0.1) is 5.82 Å². The van der Waals surface area contributed by atoms with Gasteiger partial charge in [0.1, 0.15) is 23.4 Å². The average Bonchev–Trinajstić information content (AvgIpc) is 3.31. The SMILES string of the molecule is CC(OC(=O)N1CCc2cc(F)ccc2[C@H]1c1cc(Cl)ccc1OCC(=O)O)c1n[nH]c2ccccc12. The number of hydrogen-bond acceptors (Lipinski definition) is 5. The Labute approximate surface area is 216 Å². The number of aliphatic carboxylic acids is 1. The summed E-state index contributed by atoms with van der Waals surface area (Å²) in [6.45, 7) is 1.40. The molecule has 1 aliphatic rings. The molecule has 0 saturated heterocycles. The standard InChI is InChI=1S/C27H23ClFN3O5/c1-15(25-20-4-2-3-5-22(20)30-31-25)37-27(35)32-11-10-16-12-18(29)7-8-19(16)26(32)21-13-17(28)6-9-23(21)36-14-24(33)34/h2-9,12-13,15,26H,10-11,14H2,1H3,(H,30,31)(H,33,34)/t15?,26-/m0/s1. The largest absolute Gasteiger partial charge is 0.482 e. The van der Waals surface area contributed by atoms with Gasteiger partial charge in [-0.05, 0) is 60.9 Å². The van der Waals surface area contributed by atoms with Gasteiger partial charge in [0.05, 0.1) is 11.6 Å². The van der Waals surface area contributed by atoms with Crippen molar-refractivity contribution in [1.82, 2.24) is 15.1 Å². The number of rotatable bonds is 6. The van der Waals surface area contributed by atoms with E-state index in [4.69, 9.17) is 26.2 Å². The molecule has 10 heteroatoms. The third-order valence-corrected chi connectivity index (χ3v) is 6.58. The molecule has 0 saturated carbocycles. The van der Waals surface area contributed by atoms with Gasteiger partial charge in [-0.2, -0.15) is 5.10 Å². The number of nitrogens with zero attached hydrogens (tertiary/aromatic N) is 2. The molecule has 8 nitrogen and oxygen atoms in total. The Morgan fingerprint density at radius 3 is 2.81 bits per heavy atom. The molecule has 190 valence electrons. The molecule has 1 amide bonds. The third-order valence-electron chi connectivity index (χ3n) is 6.35. The average molecular weight is 524 g/mol. The molecule has 0 bridgehead atoms. The van der Waals surface area contributed by atoms with Crippen LogP contribution in [0.5, 0.6) is 5.75 Å². The van der Waals surface area contributed by atoms with E-state index in [-0.39, 0.29) is 18.1 Å². The van der Waals surface area contributed by atoms with Crippen LogP contribution in [0.15, 0.2) is 60.7 Å². The van der Waals surface area contributed by atoms with Crippen LogP contribution in [0.3, 0.4) is 0 Å². The fourth-order valence-corrected chi connectivity index (χ4v) is 4.88. The van der Waals surface area contributed by atoms with E-state index < -0.39 is 30.8 Å². The van der Waals surface area contributed by atoms with E-state index in [0.717, 1.165) is 16.5 Å². The van der Waals surface area contributed by atoms with Crippen molar-refractivity contribution in [3.8, 4) is 5.75 Å². The highest BCUT2D eigenvalue weighted by Crippen LogP contribution is 2.41. The van der Waals surface area contributed by atoms with E-state index in [1.807, 2.05) is 24.3 Å². The first-order valence-corrected chi connectivity index (χ1v) is 12.0. The minimum Gasteiger partial charge on any atom is -0.482 e. The van der Waals surface area contributed by atoms with Crippen molar-refractivity contribution in [3.05, 3.63) is 93.9 Å². The Kier molecular flexibility index (Phi) is 6.71. The number of aromatic nitrogens is 2. The van der Waals surface area contributed by atoms with Gasteiger partial charge in [-0.15, -0.1) is 0 Å². The summed E-state index contributed by atoms with van der Waals surface area (Å²) in [6.07, 6.45) is -0.866. The van der Waals surface area contributed by atoms with Crippen LogP contribution < -0.4 is 4.74 Å². The molecule has 2 N–H and O–H groups in total. The van der Waals surface area contributed by atoms with E-state index in [0.29, 0.717) is 28.3 Å². The van der Waals surface area contributed by atoms with E-state index >= 15 is 0 Å². The second kappa shape index (κ2) is 10.1. The molecule has 2 atom stereocenters. The maximum atomic E-state index is 14.1. The van der Waals surface area contributed by atoms with Gasteiger partial charge in [-0.1, -0.05) is 35.9 Å². The fourth-order valence-electron chi connectivity index (χ4n) is 4.70. The first-order valence-electron chi connectivity index (χ1n) is 11.6. The molecular weight excluding hydrogens is 501 g/mol. The van der Waals surface area contributed by atoms with Crippen LogP contribution in [-0.2, 0) is 16.0 Å². The number of carboxylic acids is 1. The summed E-state index contributed by atoms with van der Waals surface area (Å²) in [5.41, 5.74) is 3.28. The summed E-state index contributed by atoms with van der Waals surface area (Å²) >= 11 is 6.31. The van der Waals surface area contributed by atoms with Crippen LogP contribution in [-0.4, -0.2) is 45.4 Å². The lowest BCUT2D eigenvalue weighted by atomic mass is 9.88. The van der Waals surface area contributed by atoms with Gasteiger partial charge >= 0.3 is 12.1 Å². The molecule has 5 rings (SSSR count). The second-order valence-corrected chi connectivity index (χ2v) is 9.17. The molecule has 1 aliphatic heterocycles. The summed E-state index contributed by atoms with van der Waals surface area (Å²) in [5.74, 6) is -1.29. The number of nitrogens with one attached hydrogen (secondary N) is 1. The Balaban J connectivity index is 1.52. The zero-order valence-corrected chi connectivity index (χ0v) is 20.5. The summed E-state index contributed by atoms with van der Waals surface area (Å²) < 4.78 is 25.5. The first-order chi connectivity index (χ1) is 17.8. The summed E-state index contributed by atoms with van der Waals surface area (Å²) in [7, 11) is 0. The van der Waals surface area contributed by atoms with Crippen molar-refractivity contribution in [2.45, 2.75) is 25.5 Å². The Morgan fingerprint density at radius 1 is 1.19 bits per heavy atom. The first kappa shape index (κ1) is 24.6. The number of ether oxygens (including phenoxy) is 2. The molecule has 1 aromatic heterocycles. The van der Waals surface area contributed by atoms with Crippen molar-refractivity contribution in [2.24, 2.45) is 0 Å². The highest BCUT2D eigenvalue weighted by molar-refractivity contribution is 6.30. The Hall–Kier alpha value is -4.11. The number of halogens is 2. The van der Waals surface area contributed by atoms with Gasteiger partial charge in [0.2, 0.25) is 0 Å². The van der Waals surface area contributed by atoms with E-state index in [9.17, 15) is 14.0 Å². The Morgan fingerprint density at radius 2 is 2.00 bits per heavy atom. The lowest BCUT2D eigenvalue weighted by Crippen LogP contribution is -2.41. The van der Waals surface area contributed by atoms with Crippen LogP contribution >= 0.6 is 11.6 Å². The number of carbonyl (C=O) groups is 2. The van der Waals surface area contributed by atoms with Gasteiger partial charge in [0, 0.05) is 22.5 Å². The zero-order chi connectivity index (χ0) is 26.1. The van der Waals surface area contributed by atoms with Gasteiger partial charge in [-0.3, -0.25) is 10.00 Å². The van der Waals surface area contributed by atoms with E-state index in [1.54, 1.807) is 31.2 Å². The molecule has 4 aromatic rings. The molecule has 1 unspecified atom stereocenters. The molecule has 0 aliphatic carbocycles. The smallest absolute Gasteiger partial charge is 0.411 e. The van der Waals surface area contributed by atoms with Crippen LogP contribution in [0.2, 0.25) is 5.02 Å². The predicted octanol–water partition coefficient (Wildman–Crippen LogP) is 5.66. The maximum absolute atomic E-state index is 14.1. The monoisotopic (exact) mass is 523 g/mol. The number of aromatic amines is 1. The normalized spacial score (nSPS) is 15.8. The number of benzene rings is 3. The minimum atomic E-state index is -1.15. The zero-order valence-electron chi connectivity index (χ0n) is 19.8. The predicted molar refractivity (Wildman–Crippen MR) is 134 cm³/mol. The van der Waals surface area contributed by atoms with Crippen LogP contribution in [0.25, 0.3) is 10.9 Å².